The van der Waals surface area contributed by atoms with Crippen LogP contribution in [-0.2, 0) is 4.74 Å². The van der Waals surface area contributed by atoms with E-state index in [1.807, 2.05) is 0 Å². The molecule has 0 aromatic heterocycles. The van der Waals surface area contributed by atoms with Gasteiger partial charge >= 0.3 is 6.18 Å². The van der Waals surface area contributed by atoms with Gasteiger partial charge in [0.2, 0.25) is 0 Å². The first-order valence-electron chi connectivity index (χ1n) is 5.88. The Balaban J connectivity index is 1.81. The maximum absolute atomic E-state index is 11.8. The van der Waals surface area contributed by atoms with E-state index in [-0.39, 0.29) is 6.10 Å². The lowest BCUT2D eigenvalue weighted by atomic mass is 10.1. The zero-order chi connectivity index (χ0) is 13.9. The molecule has 1 aromatic rings. The Morgan fingerprint density at radius 1 is 1.21 bits per heavy atom. The van der Waals surface area contributed by atoms with Gasteiger partial charge in [-0.05, 0) is 37.1 Å². The molecule has 0 saturated heterocycles. The van der Waals surface area contributed by atoms with Crippen molar-refractivity contribution in [2.45, 2.75) is 25.1 Å². The van der Waals surface area contributed by atoms with Crippen molar-refractivity contribution in [2.75, 3.05) is 13.2 Å². The average Bonchev–Trinajstić information content (AvgIpc) is 3.12. The maximum Gasteiger partial charge on any atom is 0.411 e. The largest absolute Gasteiger partial charge is 0.490 e. The van der Waals surface area contributed by atoms with Gasteiger partial charge in [-0.2, -0.15) is 13.2 Å². The van der Waals surface area contributed by atoms with Crippen molar-refractivity contribution in [2.24, 2.45) is 0 Å². The number of benzene rings is 1. The van der Waals surface area contributed by atoms with Gasteiger partial charge in [-0.25, -0.2) is 0 Å². The van der Waals surface area contributed by atoms with Crippen molar-refractivity contribution >= 4 is 5.78 Å². The van der Waals surface area contributed by atoms with Gasteiger partial charge in [-0.1, -0.05) is 0 Å². The molecule has 1 aliphatic rings. The van der Waals surface area contributed by atoms with Crippen molar-refractivity contribution in [3.05, 3.63) is 29.8 Å². The second-order valence-electron chi connectivity index (χ2n) is 4.37. The molecule has 0 amide bonds. The molecule has 6 heteroatoms. The molecule has 0 radical (unpaired) electrons. The number of halogens is 3. The zero-order valence-electron chi connectivity index (χ0n) is 10.1. The molecule has 0 bridgehead atoms. The number of alkyl halides is 3. The summed E-state index contributed by atoms with van der Waals surface area (Å²) in [6.07, 6.45) is -2.09. The number of ketones is 1. The predicted octanol–water partition coefficient (Wildman–Crippen LogP) is 2.99. The number of carbonyl (C=O) groups excluding carboxylic acids is 1. The summed E-state index contributed by atoms with van der Waals surface area (Å²) < 4.78 is 45.3. The molecular formula is C13H13F3O3. The minimum absolute atomic E-state index is 0.261. The van der Waals surface area contributed by atoms with Gasteiger partial charge in [0.15, 0.2) is 5.78 Å². The summed E-state index contributed by atoms with van der Waals surface area (Å²) in [6, 6.07) is 6.32. The lowest BCUT2D eigenvalue weighted by molar-refractivity contribution is -0.170. The van der Waals surface area contributed by atoms with Gasteiger partial charge in [-0.15, -0.1) is 0 Å². The van der Waals surface area contributed by atoms with Crippen LogP contribution in [-0.4, -0.2) is 31.3 Å². The van der Waals surface area contributed by atoms with Crippen molar-refractivity contribution in [1.29, 1.82) is 0 Å². The highest BCUT2D eigenvalue weighted by molar-refractivity contribution is 5.97. The van der Waals surface area contributed by atoms with Crippen LogP contribution >= 0.6 is 0 Å². The second-order valence-corrected chi connectivity index (χ2v) is 4.37. The number of rotatable bonds is 6. The van der Waals surface area contributed by atoms with Crippen molar-refractivity contribution < 1.29 is 27.4 Å². The van der Waals surface area contributed by atoms with Gasteiger partial charge in [-0.3, -0.25) is 4.79 Å². The van der Waals surface area contributed by atoms with Crippen molar-refractivity contribution in [1.82, 2.24) is 0 Å². The molecule has 0 spiro atoms. The zero-order valence-corrected chi connectivity index (χ0v) is 10.1. The first kappa shape index (κ1) is 13.9. The van der Waals surface area contributed by atoms with Crippen LogP contribution in [0.4, 0.5) is 13.2 Å². The summed E-state index contributed by atoms with van der Waals surface area (Å²) in [7, 11) is 0. The standard InChI is InChI=1S/C13H13F3O3/c14-13(15,16)8-18-7-12(17)9-1-3-10(4-2-9)19-11-5-6-11/h1-4,11H,5-8H2. The van der Waals surface area contributed by atoms with E-state index in [2.05, 4.69) is 4.74 Å². The van der Waals surface area contributed by atoms with E-state index in [0.29, 0.717) is 11.3 Å². The normalized spacial score (nSPS) is 15.3. The summed E-state index contributed by atoms with van der Waals surface area (Å²) in [4.78, 5) is 11.5. The van der Waals surface area contributed by atoms with E-state index < -0.39 is 25.2 Å². The molecule has 19 heavy (non-hydrogen) atoms. The van der Waals surface area contributed by atoms with Crippen LogP contribution in [0.3, 0.4) is 0 Å². The van der Waals surface area contributed by atoms with Crippen LogP contribution in [0, 0.1) is 0 Å². The SMILES string of the molecule is O=C(COCC(F)(F)F)c1ccc(OC2CC2)cc1. The molecule has 0 N–H and O–H groups in total. The number of carbonyl (C=O) groups is 1. The molecule has 1 fully saturated rings. The Morgan fingerprint density at radius 3 is 2.37 bits per heavy atom. The fourth-order valence-corrected chi connectivity index (χ4v) is 1.44. The van der Waals surface area contributed by atoms with Gasteiger partial charge in [0.05, 0.1) is 6.10 Å². The molecular weight excluding hydrogens is 261 g/mol. The van der Waals surface area contributed by atoms with Crippen molar-refractivity contribution in [3.8, 4) is 5.75 Å². The summed E-state index contributed by atoms with van der Waals surface area (Å²) in [5.74, 6) is 0.178. The first-order chi connectivity index (χ1) is 8.94. The quantitative estimate of drug-likeness (QED) is 0.748. The lowest BCUT2D eigenvalue weighted by Crippen LogP contribution is -2.20. The van der Waals surface area contributed by atoms with E-state index in [9.17, 15) is 18.0 Å². The Labute approximate surface area is 108 Å². The van der Waals surface area contributed by atoms with Gasteiger partial charge in [0, 0.05) is 5.56 Å². The summed E-state index contributed by atoms with van der Waals surface area (Å²) in [5.41, 5.74) is 0.310. The molecule has 0 atom stereocenters. The average molecular weight is 274 g/mol. The molecule has 0 aliphatic heterocycles. The predicted molar refractivity (Wildman–Crippen MR) is 61.3 cm³/mol. The van der Waals surface area contributed by atoms with E-state index in [0.717, 1.165) is 12.8 Å². The molecule has 3 nitrogen and oxygen atoms in total. The van der Waals surface area contributed by atoms with Crippen LogP contribution in [0.1, 0.15) is 23.2 Å². The van der Waals surface area contributed by atoms with Gasteiger partial charge in [0.1, 0.15) is 19.0 Å². The first-order valence-corrected chi connectivity index (χ1v) is 5.88. The fraction of sp³-hybridized carbons (Fsp3) is 0.462. The van der Waals surface area contributed by atoms with E-state index >= 15 is 0 Å². The molecule has 104 valence electrons. The summed E-state index contributed by atoms with van der Waals surface area (Å²) in [5, 5.41) is 0. The Kier molecular flexibility index (Phi) is 4.09. The molecule has 2 rings (SSSR count). The van der Waals surface area contributed by atoms with Crippen LogP contribution in [0.15, 0.2) is 24.3 Å². The van der Waals surface area contributed by atoms with Crippen LogP contribution in [0.25, 0.3) is 0 Å². The monoisotopic (exact) mass is 274 g/mol. The van der Waals surface area contributed by atoms with Gasteiger partial charge in [0.25, 0.3) is 0 Å². The van der Waals surface area contributed by atoms with Crippen molar-refractivity contribution in [3.63, 3.8) is 0 Å². The Hall–Kier alpha value is -1.56. The van der Waals surface area contributed by atoms with Gasteiger partial charge < -0.3 is 9.47 Å². The Bertz CT molecular complexity index is 435. The third-order valence-electron chi connectivity index (χ3n) is 2.50. The fourth-order valence-electron chi connectivity index (χ4n) is 1.44. The molecule has 1 aromatic carbocycles. The smallest absolute Gasteiger partial charge is 0.411 e. The van der Waals surface area contributed by atoms with E-state index in [4.69, 9.17) is 4.74 Å². The third kappa shape index (κ3) is 4.90. The third-order valence-corrected chi connectivity index (χ3v) is 2.50. The van der Waals surface area contributed by atoms with Crippen LogP contribution < -0.4 is 4.74 Å². The van der Waals surface area contributed by atoms with Crippen LogP contribution in [0.5, 0.6) is 5.75 Å². The lowest BCUT2D eigenvalue weighted by Gasteiger charge is -2.08. The highest BCUT2D eigenvalue weighted by Gasteiger charge is 2.28. The number of ether oxygens (including phenoxy) is 2. The highest BCUT2D eigenvalue weighted by atomic mass is 19.4. The molecule has 1 aliphatic carbocycles. The molecule has 0 unspecified atom stereocenters. The number of Topliss-reactive ketones (excluding diaryl/α,β-unsaturated/α-hetero) is 1. The Morgan fingerprint density at radius 2 is 1.84 bits per heavy atom. The van der Waals surface area contributed by atoms with Crippen LogP contribution in [0.2, 0.25) is 0 Å². The molecule has 1 saturated carbocycles. The minimum atomic E-state index is -4.41. The number of hydrogen-bond acceptors (Lipinski definition) is 3. The summed E-state index contributed by atoms with van der Waals surface area (Å²) in [6.45, 7) is -2.00. The molecule has 0 heterocycles. The second kappa shape index (κ2) is 5.61. The highest BCUT2D eigenvalue weighted by Crippen LogP contribution is 2.26. The summed E-state index contributed by atoms with van der Waals surface area (Å²) >= 11 is 0. The topological polar surface area (TPSA) is 35.5 Å². The van der Waals surface area contributed by atoms with E-state index in [1.165, 1.54) is 12.1 Å². The van der Waals surface area contributed by atoms with E-state index in [1.54, 1.807) is 12.1 Å². The number of hydrogen-bond donors (Lipinski definition) is 0. The minimum Gasteiger partial charge on any atom is -0.490 e. The maximum atomic E-state index is 11.8.